The molecule has 100 valence electrons. The van der Waals surface area contributed by atoms with Crippen LogP contribution in [0.25, 0.3) is 10.9 Å². The standard InChI is InChI=1S/C16H15N3O/c1-2-10-19-11-9-18-16(19)15(20)13-5-3-7-14-12(13)6-4-8-17-14/h3-9,11H,2,10H2,1H3. The van der Waals surface area contributed by atoms with Gasteiger partial charge in [0.15, 0.2) is 5.82 Å². The Bertz CT molecular complexity index is 756. The van der Waals surface area contributed by atoms with Gasteiger partial charge in [-0.05, 0) is 18.6 Å². The van der Waals surface area contributed by atoms with E-state index < -0.39 is 0 Å². The maximum Gasteiger partial charge on any atom is 0.229 e. The number of carbonyl (C=O) groups excluding carboxylic acids is 1. The predicted octanol–water partition coefficient (Wildman–Crippen LogP) is 3.07. The zero-order chi connectivity index (χ0) is 13.9. The van der Waals surface area contributed by atoms with Crippen molar-refractivity contribution in [2.45, 2.75) is 19.9 Å². The highest BCUT2D eigenvalue weighted by Gasteiger charge is 2.17. The minimum Gasteiger partial charge on any atom is -0.328 e. The van der Waals surface area contributed by atoms with Gasteiger partial charge in [0.1, 0.15) is 0 Å². The first-order valence-corrected chi connectivity index (χ1v) is 6.71. The Hall–Kier alpha value is -2.49. The Balaban J connectivity index is 2.11. The lowest BCUT2D eigenvalue weighted by Crippen LogP contribution is -2.11. The van der Waals surface area contributed by atoms with Crippen molar-refractivity contribution in [1.29, 1.82) is 0 Å². The number of aryl methyl sites for hydroxylation is 1. The molecule has 0 bridgehead atoms. The van der Waals surface area contributed by atoms with Crippen molar-refractivity contribution >= 4 is 16.7 Å². The molecule has 2 heterocycles. The van der Waals surface area contributed by atoms with E-state index in [0.29, 0.717) is 11.4 Å². The van der Waals surface area contributed by atoms with E-state index in [2.05, 4.69) is 16.9 Å². The lowest BCUT2D eigenvalue weighted by molar-refractivity contribution is 0.102. The molecule has 0 aliphatic rings. The molecule has 2 aromatic heterocycles. The Morgan fingerprint density at radius 1 is 1.15 bits per heavy atom. The van der Waals surface area contributed by atoms with E-state index in [4.69, 9.17) is 0 Å². The van der Waals surface area contributed by atoms with Gasteiger partial charge < -0.3 is 4.57 Å². The highest BCUT2D eigenvalue weighted by molar-refractivity contribution is 6.14. The van der Waals surface area contributed by atoms with Gasteiger partial charge in [-0.25, -0.2) is 4.98 Å². The molecular formula is C16H15N3O. The molecule has 0 saturated carbocycles. The molecule has 20 heavy (non-hydrogen) atoms. The fourth-order valence-corrected chi connectivity index (χ4v) is 2.36. The van der Waals surface area contributed by atoms with Gasteiger partial charge in [-0.2, -0.15) is 0 Å². The molecule has 0 radical (unpaired) electrons. The number of ketones is 1. The van der Waals surface area contributed by atoms with Crippen LogP contribution in [0, 0.1) is 0 Å². The topological polar surface area (TPSA) is 47.8 Å². The first-order chi connectivity index (χ1) is 9.81. The minimum absolute atomic E-state index is 0.0537. The molecule has 1 aromatic carbocycles. The minimum atomic E-state index is -0.0537. The second-order valence-corrected chi connectivity index (χ2v) is 4.65. The van der Waals surface area contributed by atoms with Gasteiger partial charge >= 0.3 is 0 Å². The molecule has 0 N–H and O–H groups in total. The molecule has 3 rings (SSSR count). The van der Waals surface area contributed by atoms with Crippen LogP contribution in [0.2, 0.25) is 0 Å². The molecule has 0 saturated heterocycles. The van der Waals surface area contributed by atoms with Crippen molar-refractivity contribution in [1.82, 2.24) is 14.5 Å². The Kier molecular flexibility index (Phi) is 3.29. The molecule has 3 aromatic rings. The third kappa shape index (κ3) is 2.09. The zero-order valence-corrected chi connectivity index (χ0v) is 11.3. The maximum atomic E-state index is 12.7. The SMILES string of the molecule is CCCn1ccnc1C(=O)c1cccc2ncccc12. The van der Waals surface area contributed by atoms with Crippen LogP contribution in [0.1, 0.15) is 29.5 Å². The monoisotopic (exact) mass is 265 g/mol. The summed E-state index contributed by atoms with van der Waals surface area (Å²) in [6.45, 7) is 2.88. The summed E-state index contributed by atoms with van der Waals surface area (Å²) in [7, 11) is 0. The predicted molar refractivity (Wildman–Crippen MR) is 77.7 cm³/mol. The molecule has 0 unspecified atom stereocenters. The van der Waals surface area contributed by atoms with E-state index in [1.54, 1.807) is 12.4 Å². The lowest BCUT2D eigenvalue weighted by atomic mass is 10.0. The van der Waals surface area contributed by atoms with Crippen LogP contribution in [0.5, 0.6) is 0 Å². The van der Waals surface area contributed by atoms with Gasteiger partial charge in [0, 0.05) is 36.1 Å². The summed E-state index contributed by atoms with van der Waals surface area (Å²) in [6.07, 6.45) is 6.22. The number of pyridine rings is 1. The first-order valence-electron chi connectivity index (χ1n) is 6.71. The van der Waals surface area contributed by atoms with Crippen LogP contribution in [-0.4, -0.2) is 20.3 Å². The van der Waals surface area contributed by atoms with E-state index in [1.807, 2.05) is 41.1 Å². The smallest absolute Gasteiger partial charge is 0.229 e. The van der Waals surface area contributed by atoms with E-state index in [-0.39, 0.29) is 5.78 Å². The van der Waals surface area contributed by atoms with Crippen LogP contribution in [-0.2, 0) is 6.54 Å². The van der Waals surface area contributed by atoms with Gasteiger partial charge in [0.25, 0.3) is 0 Å². The summed E-state index contributed by atoms with van der Waals surface area (Å²) >= 11 is 0. The summed E-state index contributed by atoms with van der Waals surface area (Å²) in [4.78, 5) is 21.2. The third-order valence-corrected chi connectivity index (χ3v) is 3.27. The van der Waals surface area contributed by atoms with Crippen LogP contribution in [0.3, 0.4) is 0 Å². The zero-order valence-electron chi connectivity index (χ0n) is 11.3. The van der Waals surface area contributed by atoms with Crippen LogP contribution < -0.4 is 0 Å². The Morgan fingerprint density at radius 2 is 2.05 bits per heavy atom. The molecule has 0 fully saturated rings. The lowest BCUT2D eigenvalue weighted by Gasteiger charge is -2.07. The molecule has 0 aliphatic carbocycles. The van der Waals surface area contributed by atoms with Crippen LogP contribution in [0.15, 0.2) is 48.9 Å². The van der Waals surface area contributed by atoms with E-state index in [0.717, 1.165) is 23.9 Å². The van der Waals surface area contributed by atoms with Crippen molar-refractivity contribution in [3.63, 3.8) is 0 Å². The van der Waals surface area contributed by atoms with Crippen molar-refractivity contribution in [2.75, 3.05) is 0 Å². The second kappa shape index (κ2) is 5.25. The number of benzene rings is 1. The van der Waals surface area contributed by atoms with Gasteiger partial charge in [-0.3, -0.25) is 9.78 Å². The number of hydrogen-bond acceptors (Lipinski definition) is 3. The van der Waals surface area contributed by atoms with Crippen molar-refractivity contribution in [3.05, 3.63) is 60.3 Å². The molecule has 4 heteroatoms. The number of carbonyl (C=O) groups is 1. The third-order valence-electron chi connectivity index (χ3n) is 3.27. The van der Waals surface area contributed by atoms with Crippen LogP contribution in [0.4, 0.5) is 0 Å². The number of fused-ring (bicyclic) bond motifs is 1. The summed E-state index contributed by atoms with van der Waals surface area (Å²) in [5.41, 5.74) is 1.48. The maximum absolute atomic E-state index is 12.7. The highest BCUT2D eigenvalue weighted by atomic mass is 16.1. The summed E-state index contributed by atoms with van der Waals surface area (Å²) < 4.78 is 1.90. The average Bonchev–Trinajstić information content (AvgIpc) is 2.94. The molecule has 0 amide bonds. The van der Waals surface area contributed by atoms with Crippen LogP contribution >= 0.6 is 0 Å². The van der Waals surface area contributed by atoms with E-state index >= 15 is 0 Å². The van der Waals surface area contributed by atoms with Gasteiger partial charge in [0.2, 0.25) is 5.78 Å². The van der Waals surface area contributed by atoms with Crippen molar-refractivity contribution in [2.24, 2.45) is 0 Å². The first kappa shape index (κ1) is 12.5. The average molecular weight is 265 g/mol. The molecule has 0 aliphatic heterocycles. The molecule has 0 spiro atoms. The van der Waals surface area contributed by atoms with Gasteiger partial charge in [-0.1, -0.05) is 25.1 Å². The summed E-state index contributed by atoms with van der Waals surface area (Å²) in [5.74, 6) is 0.435. The number of rotatable bonds is 4. The summed E-state index contributed by atoms with van der Waals surface area (Å²) in [6, 6.07) is 9.36. The number of imidazole rings is 1. The molecular weight excluding hydrogens is 250 g/mol. The highest BCUT2D eigenvalue weighted by Crippen LogP contribution is 2.19. The second-order valence-electron chi connectivity index (χ2n) is 4.65. The number of hydrogen-bond donors (Lipinski definition) is 0. The molecule has 0 atom stereocenters. The Labute approximate surface area is 117 Å². The summed E-state index contributed by atoms with van der Waals surface area (Å²) in [5, 5.41) is 0.867. The fourth-order valence-electron chi connectivity index (χ4n) is 2.36. The molecule has 4 nitrogen and oxygen atoms in total. The normalized spacial score (nSPS) is 10.8. The van der Waals surface area contributed by atoms with Gasteiger partial charge in [-0.15, -0.1) is 0 Å². The quantitative estimate of drug-likeness (QED) is 0.681. The Morgan fingerprint density at radius 3 is 2.90 bits per heavy atom. The number of aromatic nitrogens is 3. The van der Waals surface area contributed by atoms with Crippen molar-refractivity contribution < 1.29 is 4.79 Å². The fraction of sp³-hybridized carbons (Fsp3) is 0.188. The van der Waals surface area contributed by atoms with E-state index in [9.17, 15) is 4.79 Å². The number of nitrogens with zero attached hydrogens (tertiary/aromatic N) is 3. The van der Waals surface area contributed by atoms with Gasteiger partial charge in [0.05, 0.1) is 5.52 Å². The van der Waals surface area contributed by atoms with E-state index in [1.165, 1.54) is 0 Å². The van der Waals surface area contributed by atoms with Crippen molar-refractivity contribution in [3.8, 4) is 0 Å². The largest absolute Gasteiger partial charge is 0.328 e.